The van der Waals surface area contributed by atoms with E-state index in [-0.39, 0.29) is 12.4 Å². The molecule has 1 atom stereocenters. The minimum atomic E-state index is -0.0876. The number of pyridine rings is 1. The summed E-state index contributed by atoms with van der Waals surface area (Å²) in [4.78, 5) is 4.09. The van der Waals surface area contributed by atoms with E-state index in [0.717, 1.165) is 11.5 Å². The van der Waals surface area contributed by atoms with E-state index in [2.05, 4.69) is 17.2 Å². The van der Waals surface area contributed by atoms with Crippen molar-refractivity contribution in [3.63, 3.8) is 0 Å². The molecule has 1 fully saturated rings. The molecule has 1 aliphatic rings. The molecule has 4 heteroatoms. The zero-order valence-corrected chi connectivity index (χ0v) is 12.5. The van der Waals surface area contributed by atoms with Crippen LogP contribution in [0, 0.1) is 12.8 Å². The van der Waals surface area contributed by atoms with Crippen LogP contribution in [-0.4, -0.2) is 21.2 Å². The molecule has 0 radical (unpaired) electrons. The van der Waals surface area contributed by atoms with Gasteiger partial charge in [0.2, 0.25) is 0 Å². The maximum Gasteiger partial charge on any atom is 0.141 e. The van der Waals surface area contributed by atoms with Crippen LogP contribution in [0.2, 0.25) is 0 Å². The molecule has 1 aliphatic carbocycles. The predicted octanol–water partition coefficient (Wildman–Crippen LogP) is 2.65. The molecule has 0 amide bonds. The highest BCUT2D eigenvalue weighted by molar-refractivity contribution is 5.40. The van der Waals surface area contributed by atoms with Crippen LogP contribution < -0.4 is 5.32 Å². The molecule has 1 heterocycles. The van der Waals surface area contributed by atoms with Crippen LogP contribution in [-0.2, 0) is 13.2 Å². The van der Waals surface area contributed by atoms with Crippen LogP contribution in [0.4, 0.5) is 0 Å². The number of nitrogens with zero attached hydrogens (tertiary/aromatic N) is 1. The molecule has 0 aromatic carbocycles. The second-order valence-electron chi connectivity index (χ2n) is 5.92. The average molecular weight is 278 g/mol. The summed E-state index contributed by atoms with van der Waals surface area (Å²) in [6, 6.07) is 0.440. The Kier molecular flexibility index (Phi) is 5.38. The topological polar surface area (TPSA) is 65.4 Å². The van der Waals surface area contributed by atoms with E-state index >= 15 is 0 Å². The zero-order valence-electron chi connectivity index (χ0n) is 12.5. The summed E-state index contributed by atoms with van der Waals surface area (Å²) in [6.45, 7) is 4.50. The summed E-state index contributed by atoms with van der Waals surface area (Å²) in [5, 5.41) is 23.0. The van der Waals surface area contributed by atoms with Crippen LogP contribution in [0.3, 0.4) is 0 Å². The number of aliphatic hydroxyl groups excluding tert-OH is 1. The summed E-state index contributed by atoms with van der Waals surface area (Å²) < 4.78 is 0. The molecular weight excluding hydrogens is 252 g/mol. The van der Waals surface area contributed by atoms with Gasteiger partial charge >= 0.3 is 0 Å². The maximum atomic E-state index is 10.1. The van der Waals surface area contributed by atoms with Gasteiger partial charge in [-0.1, -0.05) is 19.3 Å². The van der Waals surface area contributed by atoms with E-state index in [1.54, 1.807) is 13.1 Å². The van der Waals surface area contributed by atoms with Gasteiger partial charge < -0.3 is 15.5 Å². The van der Waals surface area contributed by atoms with Crippen LogP contribution in [0.5, 0.6) is 5.75 Å². The van der Waals surface area contributed by atoms with Crippen molar-refractivity contribution in [1.29, 1.82) is 0 Å². The number of aliphatic hydroxyl groups is 1. The minimum Gasteiger partial charge on any atom is -0.506 e. The fraction of sp³-hybridized carbons (Fsp3) is 0.688. The number of aromatic hydroxyl groups is 1. The molecule has 0 aliphatic heterocycles. The number of rotatable bonds is 5. The summed E-state index contributed by atoms with van der Waals surface area (Å²) in [5.74, 6) is 0.936. The number of aryl methyl sites for hydroxylation is 1. The Bertz CT molecular complexity index is 442. The van der Waals surface area contributed by atoms with Crippen molar-refractivity contribution in [1.82, 2.24) is 10.3 Å². The van der Waals surface area contributed by atoms with Crippen LogP contribution in [0.1, 0.15) is 55.8 Å². The molecule has 3 N–H and O–H groups in total. The first-order chi connectivity index (χ1) is 9.63. The molecule has 1 unspecified atom stereocenters. The highest BCUT2D eigenvalue weighted by atomic mass is 16.3. The van der Waals surface area contributed by atoms with Crippen molar-refractivity contribution >= 4 is 0 Å². The van der Waals surface area contributed by atoms with Crippen LogP contribution >= 0.6 is 0 Å². The van der Waals surface area contributed by atoms with Crippen molar-refractivity contribution in [2.24, 2.45) is 5.92 Å². The van der Waals surface area contributed by atoms with E-state index in [4.69, 9.17) is 0 Å². The molecule has 2 rings (SSSR count). The lowest BCUT2D eigenvalue weighted by atomic mass is 9.84. The molecule has 1 saturated carbocycles. The van der Waals surface area contributed by atoms with Gasteiger partial charge in [-0.05, 0) is 32.6 Å². The maximum absolute atomic E-state index is 10.1. The largest absolute Gasteiger partial charge is 0.506 e. The SMILES string of the molecule is Cc1ncc(CO)c(CNC(C)C2CCCCC2)c1O. The van der Waals surface area contributed by atoms with E-state index < -0.39 is 0 Å². The van der Waals surface area contributed by atoms with Crippen molar-refractivity contribution in [3.8, 4) is 5.75 Å². The highest BCUT2D eigenvalue weighted by Crippen LogP contribution is 2.28. The molecule has 0 bridgehead atoms. The second kappa shape index (κ2) is 7.04. The lowest BCUT2D eigenvalue weighted by molar-refractivity contribution is 0.271. The number of nitrogens with one attached hydrogen (secondary N) is 1. The highest BCUT2D eigenvalue weighted by Gasteiger charge is 2.20. The third-order valence-corrected chi connectivity index (χ3v) is 4.56. The monoisotopic (exact) mass is 278 g/mol. The fourth-order valence-corrected chi connectivity index (χ4v) is 3.08. The Morgan fingerprint density at radius 3 is 2.70 bits per heavy atom. The van der Waals surface area contributed by atoms with Gasteiger partial charge in [0.25, 0.3) is 0 Å². The van der Waals surface area contributed by atoms with Crippen molar-refractivity contribution in [2.75, 3.05) is 0 Å². The molecule has 1 aromatic rings. The summed E-state index contributed by atoms with van der Waals surface area (Å²) in [6.07, 6.45) is 8.26. The minimum absolute atomic E-state index is 0.0876. The van der Waals surface area contributed by atoms with E-state index in [1.165, 1.54) is 32.1 Å². The Morgan fingerprint density at radius 1 is 1.35 bits per heavy atom. The zero-order chi connectivity index (χ0) is 14.5. The standard InChI is InChI=1S/C16H26N2O2/c1-11(13-6-4-3-5-7-13)18-9-15-14(10-19)8-17-12(2)16(15)20/h8,11,13,18-20H,3-7,9-10H2,1-2H3. The Morgan fingerprint density at radius 2 is 2.05 bits per heavy atom. The quantitative estimate of drug-likeness (QED) is 0.774. The first-order valence-electron chi connectivity index (χ1n) is 7.64. The molecule has 20 heavy (non-hydrogen) atoms. The van der Waals surface area contributed by atoms with Gasteiger partial charge in [0.05, 0.1) is 12.3 Å². The van der Waals surface area contributed by atoms with Gasteiger partial charge in [-0.25, -0.2) is 0 Å². The van der Waals surface area contributed by atoms with E-state index in [1.807, 2.05) is 0 Å². The van der Waals surface area contributed by atoms with Crippen LogP contribution in [0.15, 0.2) is 6.20 Å². The van der Waals surface area contributed by atoms with Crippen LogP contribution in [0.25, 0.3) is 0 Å². The molecule has 1 aromatic heterocycles. The van der Waals surface area contributed by atoms with Gasteiger partial charge in [-0.2, -0.15) is 0 Å². The summed E-state index contributed by atoms with van der Waals surface area (Å²) >= 11 is 0. The summed E-state index contributed by atoms with van der Waals surface area (Å²) in [7, 11) is 0. The fourth-order valence-electron chi connectivity index (χ4n) is 3.08. The predicted molar refractivity (Wildman–Crippen MR) is 79.4 cm³/mol. The average Bonchev–Trinajstić information content (AvgIpc) is 2.49. The first-order valence-corrected chi connectivity index (χ1v) is 7.64. The van der Waals surface area contributed by atoms with E-state index in [0.29, 0.717) is 23.8 Å². The Hall–Kier alpha value is -1.13. The normalized spacial score (nSPS) is 18.1. The van der Waals surface area contributed by atoms with Crippen molar-refractivity contribution in [3.05, 3.63) is 23.0 Å². The third-order valence-electron chi connectivity index (χ3n) is 4.56. The molecule has 4 nitrogen and oxygen atoms in total. The van der Waals surface area contributed by atoms with Gasteiger partial charge in [-0.3, -0.25) is 4.98 Å². The Labute approximate surface area is 121 Å². The molecule has 0 saturated heterocycles. The van der Waals surface area contributed by atoms with E-state index in [9.17, 15) is 10.2 Å². The lowest BCUT2D eigenvalue weighted by Crippen LogP contribution is -2.34. The first kappa shape index (κ1) is 15.3. The third kappa shape index (κ3) is 3.49. The van der Waals surface area contributed by atoms with Crippen molar-refractivity contribution < 1.29 is 10.2 Å². The van der Waals surface area contributed by atoms with Gasteiger partial charge in [0, 0.05) is 29.9 Å². The number of aromatic nitrogens is 1. The lowest BCUT2D eigenvalue weighted by Gasteiger charge is -2.28. The number of hydrogen-bond acceptors (Lipinski definition) is 4. The van der Waals surface area contributed by atoms with Crippen molar-refractivity contribution in [2.45, 2.75) is 65.1 Å². The Balaban J connectivity index is 2.01. The molecular formula is C16H26N2O2. The van der Waals surface area contributed by atoms with Gasteiger partial charge in [0.1, 0.15) is 5.75 Å². The smallest absolute Gasteiger partial charge is 0.141 e. The molecule has 0 spiro atoms. The molecule has 112 valence electrons. The summed E-state index contributed by atoms with van der Waals surface area (Å²) in [5.41, 5.74) is 2.10. The number of hydrogen-bond donors (Lipinski definition) is 3. The van der Waals surface area contributed by atoms with Gasteiger partial charge in [0.15, 0.2) is 0 Å². The second-order valence-corrected chi connectivity index (χ2v) is 5.92. The van der Waals surface area contributed by atoms with Gasteiger partial charge in [-0.15, -0.1) is 0 Å².